The molecule has 0 aliphatic carbocycles. The Morgan fingerprint density at radius 3 is 2.17 bits per heavy atom. The highest BCUT2D eigenvalue weighted by Crippen LogP contribution is 2.26. The summed E-state index contributed by atoms with van der Waals surface area (Å²) in [7, 11) is -2.77. The quantitative estimate of drug-likeness (QED) is 0.278. The van der Waals surface area contributed by atoms with Crippen molar-refractivity contribution in [1.82, 2.24) is 5.32 Å². The molecule has 0 unspecified atom stereocenters. The van der Waals surface area contributed by atoms with Crippen LogP contribution in [-0.4, -0.2) is 40.4 Å². The van der Waals surface area contributed by atoms with Gasteiger partial charge in [-0.15, -0.1) is 0 Å². The molecule has 2 amide bonds. The minimum Gasteiger partial charge on any atom is -0.497 e. The monoisotopic (exact) mass is 561 g/mol. The number of halogens is 1. The average molecular weight is 562 g/mol. The van der Waals surface area contributed by atoms with Crippen LogP contribution in [0.25, 0.3) is 0 Å². The first-order chi connectivity index (χ1) is 19.3. The zero-order valence-electron chi connectivity index (χ0n) is 21.7. The van der Waals surface area contributed by atoms with E-state index < -0.39 is 28.3 Å². The molecule has 0 bridgehead atoms. The second kappa shape index (κ2) is 12.9. The summed E-state index contributed by atoms with van der Waals surface area (Å²) in [5, 5.41) is 5.50. The Balaban J connectivity index is 1.52. The number of nitrogens with zero attached hydrogens (tertiary/aromatic N) is 1. The number of carbonyl (C=O) groups excluding carboxylic acids is 2. The first kappa shape index (κ1) is 28.3. The fraction of sp³-hybridized carbons (Fsp3) is 0.133. The highest BCUT2D eigenvalue weighted by atomic mass is 32.2. The van der Waals surface area contributed by atoms with Crippen LogP contribution in [0, 0.1) is 5.82 Å². The highest BCUT2D eigenvalue weighted by Gasteiger charge is 2.28. The van der Waals surface area contributed by atoms with Gasteiger partial charge in [-0.05, 0) is 72.6 Å². The number of amides is 2. The van der Waals surface area contributed by atoms with Crippen LogP contribution >= 0.6 is 0 Å². The molecule has 0 saturated heterocycles. The fourth-order valence-corrected chi connectivity index (χ4v) is 5.39. The largest absolute Gasteiger partial charge is 0.497 e. The van der Waals surface area contributed by atoms with Crippen molar-refractivity contribution in [2.75, 3.05) is 29.8 Å². The summed E-state index contributed by atoms with van der Waals surface area (Å²) in [6.07, 6.45) is 0.636. The lowest BCUT2D eigenvalue weighted by molar-refractivity contribution is -0.114. The van der Waals surface area contributed by atoms with Crippen LogP contribution in [0.2, 0.25) is 0 Å². The number of sulfonamides is 1. The Morgan fingerprint density at radius 2 is 1.50 bits per heavy atom. The Morgan fingerprint density at radius 1 is 0.850 bits per heavy atom. The van der Waals surface area contributed by atoms with Gasteiger partial charge in [0.05, 0.1) is 28.9 Å². The Hall–Kier alpha value is -4.70. The Kier molecular flexibility index (Phi) is 9.13. The number of hydrogen-bond donors (Lipinski definition) is 2. The van der Waals surface area contributed by atoms with E-state index in [9.17, 15) is 22.4 Å². The summed E-state index contributed by atoms with van der Waals surface area (Å²) in [6.45, 7) is -0.229. The topological polar surface area (TPSA) is 105 Å². The predicted octanol–water partition coefficient (Wildman–Crippen LogP) is 4.64. The normalized spacial score (nSPS) is 10.9. The van der Waals surface area contributed by atoms with Crippen molar-refractivity contribution in [3.63, 3.8) is 0 Å². The molecule has 8 nitrogen and oxygen atoms in total. The first-order valence-electron chi connectivity index (χ1n) is 12.4. The van der Waals surface area contributed by atoms with Crippen LogP contribution < -0.4 is 19.7 Å². The molecule has 0 aromatic heterocycles. The van der Waals surface area contributed by atoms with Gasteiger partial charge in [-0.2, -0.15) is 0 Å². The molecule has 0 saturated carbocycles. The Labute approximate surface area is 232 Å². The van der Waals surface area contributed by atoms with E-state index in [1.807, 2.05) is 30.3 Å². The molecule has 0 fully saturated rings. The lowest BCUT2D eigenvalue weighted by atomic mass is 10.1. The predicted molar refractivity (Wildman–Crippen MR) is 151 cm³/mol. The number of anilines is 2. The van der Waals surface area contributed by atoms with Gasteiger partial charge in [-0.1, -0.05) is 42.5 Å². The van der Waals surface area contributed by atoms with Crippen LogP contribution in [0.5, 0.6) is 5.75 Å². The molecular weight excluding hydrogens is 533 g/mol. The van der Waals surface area contributed by atoms with Crippen molar-refractivity contribution in [2.45, 2.75) is 11.3 Å². The molecule has 2 N–H and O–H groups in total. The van der Waals surface area contributed by atoms with Crippen molar-refractivity contribution < 1.29 is 27.1 Å². The molecule has 4 rings (SSSR count). The van der Waals surface area contributed by atoms with Gasteiger partial charge in [0.2, 0.25) is 5.91 Å². The van der Waals surface area contributed by atoms with E-state index >= 15 is 0 Å². The van der Waals surface area contributed by atoms with Gasteiger partial charge < -0.3 is 15.4 Å². The van der Waals surface area contributed by atoms with Crippen molar-refractivity contribution >= 4 is 33.2 Å². The van der Waals surface area contributed by atoms with E-state index in [0.29, 0.717) is 18.7 Å². The molecule has 0 aliphatic rings. The molecule has 40 heavy (non-hydrogen) atoms. The minimum atomic E-state index is -4.23. The number of benzene rings is 4. The standard InChI is InChI=1S/C30H28FN3O5S/c1-39-25-15-17-26(18-16-25)40(37,38)34(24-13-11-23(31)12-14-24)21-29(35)33-28-10-6-5-9-27(28)30(36)32-20-19-22-7-3-2-4-8-22/h2-18H,19-21H2,1H3,(H,32,36)(H,33,35). The number of ether oxygens (including phenoxy) is 1. The van der Waals surface area contributed by atoms with Gasteiger partial charge in [0.25, 0.3) is 15.9 Å². The molecule has 0 radical (unpaired) electrons. The van der Waals surface area contributed by atoms with E-state index in [-0.39, 0.29) is 27.7 Å². The fourth-order valence-electron chi connectivity index (χ4n) is 3.97. The summed E-state index contributed by atoms with van der Waals surface area (Å²) in [5.74, 6) is -1.16. The molecule has 0 aliphatic heterocycles. The van der Waals surface area contributed by atoms with Gasteiger partial charge in [0.15, 0.2) is 0 Å². The molecule has 4 aromatic carbocycles. The molecule has 0 atom stereocenters. The lowest BCUT2D eigenvalue weighted by Crippen LogP contribution is -2.38. The third-order valence-electron chi connectivity index (χ3n) is 6.04. The van der Waals surface area contributed by atoms with E-state index in [2.05, 4.69) is 10.6 Å². The van der Waals surface area contributed by atoms with Gasteiger partial charge in [-0.25, -0.2) is 12.8 Å². The maximum atomic E-state index is 13.6. The number of hydrogen-bond acceptors (Lipinski definition) is 5. The number of carbonyl (C=O) groups is 2. The zero-order chi connectivity index (χ0) is 28.5. The second-order valence-corrected chi connectivity index (χ2v) is 10.6. The molecule has 4 aromatic rings. The number of nitrogens with one attached hydrogen (secondary N) is 2. The van der Waals surface area contributed by atoms with Gasteiger partial charge in [-0.3, -0.25) is 13.9 Å². The maximum Gasteiger partial charge on any atom is 0.264 e. The second-order valence-electron chi connectivity index (χ2n) is 8.75. The van der Waals surface area contributed by atoms with E-state index in [0.717, 1.165) is 22.0 Å². The van der Waals surface area contributed by atoms with Gasteiger partial charge in [0, 0.05) is 6.54 Å². The van der Waals surface area contributed by atoms with E-state index in [1.165, 1.54) is 43.5 Å². The maximum absolute atomic E-state index is 13.6. The van der Waals surface area contributed by atoms with Gasteiger partial charge in [0.1, 0.15) is 18.1 Å². The number of rotatable bonds is 11. The van der Waals surface area contributed by atoms with Crippen molar-refractivity contribution in [3.8, 4) is 5.75 Å². The molecular formula is C30H28FN3O5S. The molecule has 10 heteroatoms. The summed E-state index contributed by atoms with van der Waals surface area (Å²) in [4.78, 5) is 26.0. The third kappa shape index (κ3) is 7.03. The number of para-hydroxylation sites is 1. The van der Waals surface area contributed by atoms with Crippen molar-refractivity contribution in [1.29, 1.82) is 0 Å². The van der Waals surface area contributed by atoms with Crippen LogP contribution in [0.3, 0.4) is 0 Å². The Bertz CT molecular complexity index is 1560. The SMILES string of the molecule is COc1ccc(S(=O)(=O)N(CC(=O)Nc2ccccc2C(=O)NCCc2ccccc2)c2ccc(F)cc2)cc1. The smallest absolute Gasteiger partial charge is 0.264 e. The third-order valence-corrected chi connectivity index (χ3v) is 7.83. The summed E-state index contributed by atoms with van der Waals surface area (Å²) in [6, 6.07) is 26.6. The molecule has 0 spiro atoms. The molecule has 206 valence electrons. The average Bonchev–Trinajstić information content (AvgIpc) is 2.97. The molecule has 0 heterocycles. The lowest BCUT2D eigenvalue weighted by Gasteiger charge is -2.24. The van der Waals surface area contributed by atoms with Crippen molar-refractivity contribution in [3.05, 3.63) is 120 Å². The van der Waals surface area contributed by atoms with Crippen LogP contribution in [0.15, 0.2) is 108 Å². The van der Waals surface area contributed by atoms with Crippen molar-refractivity contribution in [2.24, 2.45) is 0 Å². The van der Waals surface area contributed by atoms with E-state index in [4.69, 9.17) is 4.74 Å². The first-order valence-corrected chi connectivity index (χ1v) is 13.9. The zero-order valence-corrected chi connectivity index (χ0v) is 22.5. The van der Waals surface area contributed by atoms with Gasteiger partial charge >= 0.3 is 0 Å². The van der Waals surface area contributed by atoms with E-state index in [1.54, 1.807) is 24.3 Å². The van der Waals surface area contributed by atoms with Crippen LogP contribution in [-0.2, 0) is 21.2 Å². The van der Waals surface area contributed by atoms with Crippen LogP contribution in [0.4, 0.5) is 15.8 Å². The highest BCUT2D eigenvalue weighted by molar-refractivity contribution is 7.92. The number of methoxy groups -OCH3 is 1. The minimum absolute atomic E-state index is 0.0800. The van der Waals surface area contributed by atoms with Crippen LogP contribution in [0.1, 0.15) is 15.9 Å². The summed E-state index contributed by atoms with van der Waals surface area (Å²) >= 11 is 0. The summed E-state index contributed by atoms with van der Waals surface area (Å²) in [5.41, 5.74) is 1.63. The summed E-state index contributed by atoms with van der Waals surface area (Å²) < 4.78 is 46.7.